The standard InChI is InChI=1S/C23H18N4O10S/c1-23(37-27(34)35)11-38-21-16(24-18(28)14-4-2-3-5-15(14)19(24)29)20(30)25(21)17(23)22(31)36-10-12-6-8-13(9-7-12)26(32)33/h2-9,16-17,21H,10-11H2,1H3/t16?,17?,21-,23-/m1/s1. The quantitative estimate of drug-likeness (QED) is 0.163. The minimum absolute atomic E-state index is 0.126. The summed E-state index contributed by atoms with van der Waals surface area (Å²) in [6.45, 7) is 0.961. The molecule has 15 heteroatoms. The summed E-state index contributed by atoms with van der Waals surface area (Å²) in [6.07, 6.45) is 0. The Hall–Kier alpha value is -4.53. The summed E-state index contributed by atoms with van der Waals surface area (Å²) >= 11 is 1.04. The average molecular weight is 542 g/mol. The maximum absolute atomic E-state index is 13.4. The van der Waals surface area contributed by atoms with Gasteiger partial charge in [-0.1, -0.05) is 12.1 Å². The van der Waals surface area contributed by atoms with Crippen LogP contribution in [0.25, 0.3) is 0 Å². The number of fused-ring (bicyclic) bond motifs is 2. The lowest BCUT2D eigenvalue weighted by atomic mass is 9.90. The lowest BCUT2D eigenvalue weighted by molar-refractivity contribution is -0.779. The zero-order chi connectivity index (χ0) is 27.4. The van der Waals surface area contributed by atoms with Crippen LogP contribution in [0.5, 0.6) is 0 Å². The van der Waals surface area contributed by atoms with Crippen molar-refractivity contribution >= 4 is 41.1 Å². The van der Waals surface area contributed by atoms with E-state index in [0.29, 0.717) is 5.56 Å². The number of nitrogens with zero attached hydrogens (tertiary/aromatic N) is 4. The van der Waals surface area contributed by atoms with E-state index in [2.05, 4.69) is 0 Å². The Labute approximate surface area is 217 Å². The second-order valence-electron chi connectivity index (χ2n) is 8.98. The summed E-state index contributed by atoms with van der Waals surface area (Å²) in [7, 11) is 0. The normalized spacial score (nSPS) is 25.8. The Bertz CT molecular complexity index is 1360. The molecule has 3 aliphatic heterocycles. The van der Waals surface area contributed by atoms with Crippen LogP contribution in [0.4, 0.5) is 5.69 Å². The van der Waals surface area contributed by atoms with E-state index >= 15 is 0 Å². The number of esters is 1. The molecule has 0 aromatic heterocycles. The van der Waals surface area contributed by atoms with Crippen LogP contribution in [-0.4, -0.2) is 72.3 Å². The van der Waals surface area contributed by atoms with Crippen LogP contribution in [0, 0.1) is 20.2 Å². The minimum atomic E-state index is -1.79. The van der Waals surface area contributed by atoms with E-state index in [4.69, 9.17) is 9.57 Å². The summed E-state index contributed by atoms with van der Waals surface area (Å²) in [4.78, 5) is 80.7. The number of carbonyl (C=O) groups excluding carboxylic acids is 4. The Morgan fingerprint density at radius 3 is 2.21 bits per heavy atom. The van der Waals surface area contributed by atoms with Gasteiger partial charge in [-0.05, 0) is 36.8 Å². The third-order valence-electron chi connectivity index (χ3n) is 6.59. The van der Waals surface area contributed by atoms with Crippen molar-refractivity contribution < 1.29 is 38.8 Å². The number of amides is 3. The first-order valence-corrected chi connectivity index (χ1v) is 12.2. The number of carbonyl (C=O) groups is 4. The van der Waals surface area contributed by atoms with Gasteiger partial charge in [0, 0.05) is 17.9 Å². The summed E-state index contributed by atoms with van der Waals surface area (Å²) in [6, 6.07) is 8.58. The molecule has 3 heterocycles. The number of rotatable bonds is 7. The lowest BCUT2D eigenvalue weighted by Gasteiger charge is -2.57. The van der Waals surface area contributed by atoms with Crippen molar-refractivity contribution in [2.45, 2.75) is 36.6 Å². The van der Waals surface area contributed by atoms with Crippen LogP contribution in [-0.2, 0) is 25.8 Å². The number of benzene rings is 2. The molecule has 0 spiro atoms. The molecular formula is C23H18N4O10S. The van der Waals surface area contributed by atoms with Crippen molar-refractivity contribution in [1.29, 1.82) is 0 Å². The van der Waals surface area contributed by atoms with Gasteiger partial charge in [0.15, 0.2) is 11.6 Å². The average Bonchev–Trinajstić information content (AvgIpc) is 3.12. The predicted octanol–water partition coefficient (Wildman–Crippen LogP) is 1.55. The smallest absolute Gasteiger partial charge is 0.331 e. The molecule has 4 atom stereocenters. The van der Waals surface area contributed by atoms with Crippen LogP contribution in [0.15, 0.2) is 48.5 Å². The number of ether oxygens (including phenoxy) is 1. The molecule has 3 aliphatic rings. The van der Waals surface area contributed by atoms with Gasteiger partial charge >= 0.3 is 5.97 Å². The Balaban J connectivity index is 1.38. The van der Waals surface area contributed by atoms with E-state index in [1.54, 1.807) is 12.1 Å². The number of hydrogen-bond donors (Lipinski definition) is 0. The highest BCUT2D eigenvalue weighted by Gasteiger charge is 2.66. The van der Waals surface area contributed by atoms with Gasteiger partial charge < -0.3 is 14.5 Å². The number of β-lactam (4-membered cyclic amide) rings is 1. The van der Waals surface area contributed by atoms with Crippen molar-refractivity contribution in [1.82, 2.24) is 9.80 Å². The number of non-ortho nitro benzene ring substituents is 1. The van der Waals surface area contributed by atoms with Gasteiger partial charge in [0.05, 0.1) is 16.1 Å². The molecule has 2 unspecified atom stereocenters. The van der Waals surface area contributed by atoms with Crippen LogP contribution in [0.1, 0.15) is 33.2 Å². The van der Waals surface area contributed by atoms with Crippen molar-refractivity contribution in [3.8, 4) is 0 Å². The largest absolute Gasteiger partial charge is 0.459 e. The topological polar surface area (TPSA) is 179 Å². The Morgan fingerprint density at radius 2 is 1.66 bits per heavy atom. The molecule has 196 valence electrons. The van der Waals surface area contributed by atoms with E-state index < -0.39 is 56.8 Å². The molecule has 2 aromatic rings. The maximum atomic E-state index is 13.4. The number of thioether (sulfide) groups is 1. The molecule has 0 saturated carbocycles. The van der Waals surface area contributed by atoms with Gasteiger partial charge in [-0.3, -0.25) is 29.4 Å². The molecule has 0 N–H and O–H groups in total. The van der Waals surface area contributed by atoms with Gasteiger partial charge in [-0.2, -0.15) is 0 Å². The number of nitro groups is 1. The molecule has 0 bridgehead atoms. The predicted molar refractivity (Wildman–Crippen MR) is 127 cm³/mol. The van der Waals surface area contributed by atoms with E-state index in [9.17, 15) is 39.4 Å². The highest BCUT2D eigenvalue weighted by molar-refractivity contribution is 8.00. The fraction of sp³-hybridized carbons (Fsp3) is 0.304. The third-order valence-corrected chi connectivity index (χ3v) is 8.15. The second kappa shape index (κ2) is 9.09. The monoisotopic (exact) mass is 542 g/mol. The van der Waals surface area contributed by atoms with Crippen LogP contribution >= 0.6 is 11.8 Å². The molecule has 38 heavy (non-hydrogen) atoms. The fourth-order valence-electron chi connectivity index (χ4n) is 4.79. The molecule has 14 nitrogen and oxygen atoms in total. The first-order valence-electron chi connectivity index (χ1n) is 11.2. The number of imide groups is 1. The summed E-state index contributed by atoms with van der Waals surface area (Å²) in [5, 5.41) is 20.2. The van der Waals surface area contributed by atoms with E-state index in [1.807, 2.05) is 0 Å². The zero-order valence-corrected chi connectivity index (χ0v) is 20.4. The fourth-order valence-corrected chi connectivity index (χ4v) is 6.31. The molecule has 2 fully saturated rings. The second-order valence-corrected chi connectivity index (χ2v) is 10.1. The summed E-state index contributed by atoms with van der Waals surface area (Å²) in [5.74, 6) is -3.17. The molecule has 0 aliphatic carbocycles. The van der Waals surface area contributed by atoms with Crippen molar-refractivity contribution in [2.24, 2.45) is 0 Å². The lowest BCUT2D eigenvalue weighted by Crippen LogP contribution is -2.79. The van der Waals surface area contributed by atoms with E-state index in [0.717, 1.165) is 21.6 Å². The van der Waals surface area contributed by atoms with Gasteiger partial charge in [-0.15, -0.1) is 21.9 Å². The van der Waals surface area contributed by atoms with Crippen LogP contribution in [0.2, 0.25) is 0 Å². The SMILES string of the molecule is C[C@@]1(O[N+](=O)[O-])CS[C@@H]2C(N3C(=O)c4ccccc4C3=O)C(=O)N2C1C(=O)OCc1ccc([N+](=O)[O-])cc1. The zero-order valence-electron chi connectivity index (χ0n) is 19.5. The minimum Gasteiger partial charge on any atom is -0.459 e. The molecule has 2 aromatic carbocycles. The van der Waals surface area contributed by atoms with E-state index in [1.165, 1.54) is 43.3 Å². The number of hydrogen-bond acceptors (Lipinski definition) is 11. The summed E-state index contributed by atoms with van der Waals surface area (Å²) < 4.78 is 5.34. The van der Waals surface area contributed by atoms with Gasteiger partial charge in [0.25, 0.3) is 28.5 Å². The first kappa shape index (κ1) is 25.1. The Kier molecular flexibility index (Phi) is 6.01. The molecule has 3 amide bonds. The van der Waals surface area contributed by atoms with Gasteiger partial charge in [-0.25, -0.2) is 4.79 Å². The highest BCUT2D eigenvalue weighted by Crippen LogP contribution is 2.47. The van der Waals surface area contributed by atoms with Crippen LogP contribution < -0.4 is 0 Å². The van der Waals surface area contributed by atoms with Crippen molar-refractivity contribution in [3.05, 3.63) is 85.4 Å². The third kappa shape index (κ3) is 3.91. The molecular weight excluding hydrogens is 524 g/mol. The Morgan fingerprint density at radius 1 is 1.05 bits per heavy atom. The van der Waals surface area contributed by atoms with Crippen LogP contribution in [0.3, 0.4) is 0 Å². The molecule has 0 radical (unpaired) electrons. The van der Waals surface area contributed by atoms with Gasteiger partial charge in [0.2, 0.25) is 0 Å². The van der Waals surface area contributed by atoms with Crippen molar-refractivity contribution in [3.63, 3.8) is 0 Å². The molecule has 2 saturated heterocycles. The van der Waals surface area contributed by atoms with E-state index in [-0.39, 0.29) is 29.2 Å². The van der Waals surface area contributed by atoms with Gasteiger partial charge in [0.1, 0.15) is 18.0 Å². The first-order chi connectivity index (χ1) is 18.0. The van der Waals surface area contributed by atoms with Crippen molar-refractivity contribution in [2.75, 3.05) is 5.75 Å². The highest BCUT2D eigenvalue weighted by atomic mass is 32.2. The maximum Gasteiger partial charge on any atom is 0.331 e. The summed E-state index contributed by atoms with van der Waals surface area (Å²) in [5.41, 5.74) is -1.24. The number of nitro benzene ring substituents is 1. The molecule has 5 rings (SSSR count).